The van der Waals surface area contributed by atoms with Crippen LogP contribution in [0.1, 0.15) is 76.7 Å². The number of carbonyl (C=O) groups is 1. The molecule has 1 atom stereocenters. The van der Waals surface area contributed by atoms with E-state index >= 15 is 0 Å². The highest BCUT2D eigenvalue weighted by molar-refractivity contribution is 5.76. The number of alkyl halides is 2. The molecule has 26 heavy (non-hydrogen) atoms. The summed E-state index contributed by atoms with van der Waals surface area (Å²) < 4.78 is 33.2. The molecule has 0 aliphatic carbocycles. The third kappa shape index (κ3) is 8.75. The van der Waals surface area contributed by atoms with Crippen LogP contribution >= 0.6 is 0 Å². The smallest absolute Gasteiger partial charge is 0.377 e. The number of hydrogen-bond acceptors (Lipinski definition) is 2. The Balaban J connectivity index is 2.35. The van der Waals surface area contributed by atoms with Crippen molar-refractivity contribution in [1.29, 1.82) is 0 Å². The van der Waals surface area contributed by atoms with Gasteiger partial charge >= 0.3 is 11.9 Å². The van der Waals surface area contributed by atoms with Gasteiger partial charge in [0.1, 0.15) is 6.10 Å². The number of rotatable bonds is 15. The van der Waals surface area contributed by atoms with E-state index in [9.17, 15) is 13.6 Å². The van der Waals surface area contributed by atoms with Gasteiger partial charge in [0.2, 0.25) is 0 Å². The van der Waals surface area contributed by atoms with Crippen LogP contribution in [0.3, 0.4) is 0 Å². The van der Waals surface area contributed by atoms with Crippen LogP contribution in [0.2, 0.25) is 0 Å². The molecule has 1 N–H and O–H groups in total. The van der Waals surface area contributed by atoms with Crippen LogP contribution in [-0.4, -0.2) is 23.1 Å². The van der Waals surface area contributed by atoms with Gasteiger partial charge in [-0.25, -0.2) is 4.79 Å². The van der Waals surface area contributed by atoms with E-state index in [0.29, 0.717) is 6.42 Å². The molecule has 0 saturated heterocycles. The number of unbranched alkanes of at least 4 members (excludes halogenated alkanes) is 8. The van der Waals surface area contributed by atoms with Crippen LogP contribution in [0.5, 0.6) is 0 Å². The lowest BCUT2D eigenvalue weighted by atomic mass is 10.0. The van der Waals surface area contributed by atoms with E-state index in [1.54, 1.807) is 24.3 Å². The fourth-order valence-electron chi connectivity index (χ4n) is 2.92. The summed E-state index contributed by atoms with van der Waals surface area (Å²) in [4.78, 5) is 10.9. The van der Waals surface area contributed by atoms with E-state index in [4.69, 9.17) is 9.84 Å². The SMILES string of the molecule is CCCCCCCCCCCC(OCc1ccccc1)C(F)(F)C(=O)O. The van der Waals surface area contributed by atoms with Crippen molar-refractivity contribution >= 4 is 5.97 Å². The average Bonchev–Trinajstić information content (AvgIpc) is 2.63. The minimum absolute atomic E-state index is 0.00813. The van der Waals surface area contributed by atoms with Gasteiger partial charge in [-0.15, -0.1) is 0 Å². The maximum Gasteiger partial charge on any atom is 0.377 e. The normalized spacial score (nSPS) is 12.9. The predicted octanol–water partition coefficient (Wildman–Crippen LogP) is 6.21. The molecular weight excluding hydrogens is 338 g/mol. The lowest BCUT2D eigenvalue weighted by Crippen LogP contribution is -2.43. The van der Waals surface area contributed by atoms with Gasteiger partial charge in [-0.1, -0.05) is 95.0 Å². The van der Waals surface area contributed by atoms with Gasteiger partial charge in [-0.2, -0.15) is 8.78 Å². The number of aliphatic carboxylic acids is 1. The monoisotopic (exact) mass is 370 g/mol. The summed E-state index contributed by atoms with van der Waals surface area (Å²) in [5, 5.41) is 8.82. The minimum atomic E-state index is -3.87. The molecule has 1 aromatic carbocycles. The number of halogens is 2. The van der Waals surface area contributed by atoms with Crippen molar-refractivity contribution in [2.45, 2.75) is 89.8 Å². The first kappa shape index (κ1) is 22.6. The quantitative estimate of drug-likeness (QED) is 0.373. The van der Waals surface area contributed by atoms with E-state index in [0.717, 1.165) is 24.8 Å². The first-order chi connectivity index (χ1) is 12.5. The molecule has 0 fully saturated rings. The van der Waals surface area contributed by atoms with Crippen LogP contribution < -0.4 is 0 Å². The molecule has 3 nitrogen and oxygen atoms in total. The molecule has 0 aromatic heterocycles. The van der Waals surface area contributed by atoms with Gasteiger partial charge < -0.3 is 9.84 Å². The van der Waals surface area contributed by atoms with Crippen LogP contribution in [-0.2, 0) is 16.1 Å². The number of ether oxygens (including phenoxy) is 1. The summed E-state index contributed by atoms with van der Waals surface area (Å²) in [6.07, 6.45) is 8.11. The maximum atomic E-state index is 13.9. The van der Waals surface area contributed by atoms with Gasteiger partial charge in [0.15, 0.2) is 0 Å². The average molecular weight is 370 g/mol. The molecule has 0 heterocycles. The molecule has 5 heteroatoms. The van der Waals surface area contributed by atoms with Gasteiger partial charge in [0, 0.05) is 0 Å². The zero-order chi connectivity index (χ0) is 19.3. The molecule has 0 radical (unpaired) electrons. The summed E-state index contributed by atoms with van der Waals surface area (Å²) in [6, 6.07) is 8.96. The number of carboxylic acids is 1. The molecule has 0 bridgehead atoms. The highest BCUT2D eigenvalue weighted by atomic mass is 19.3. The van der Waals surface area contributed by atoms with E-state index < -0.39 is 18.0 Å². The number of benzene rings is 1. The van der Waals surface area contributed by atoms with Crippen molar-refractivity contribution < 1.29 is 23.4 Å². The highest BCUT2D eigenvalue weighted by Gasteiger charge is 2.48. The number of carboxylic acid groups (broad SMARTS) is 1. The molecule has 1 rings (SSSR count). The molecule has 0 saturated carbocycles. The van der Waals surface area contributed by atoms with Crippen molar-refractivity contribution in [1.82, 2.24) is 0 Å². The third-order valence-electron chi connectivity index (χ3n) is 4.55. The van der Waals surface area contributed by atoms with E-state index in [1.807, 2.05) is 6.07 Å². The third-order valence-corrected chi connectivity index (χ3v) is 4.55. The van der Waals surface area contributed by atoms with Crippen molar-refractivity contribution in [3.63, 3.8) is 0 Å². The van der Waals surface area contributed by atoms with E-state index in [2.05, 4.69) is 6.92 Å². The van der Waals surface area contributed by atoms with Crippen LogP contribution in [0.4, 0.5) is 8.78 Å². The lowest BCUT2D eigenvalue weighted by molar-refractivity contribution is -0.191. The summed E-state index contributed by atoms with van der Waals surface area (Å²) in [6.45, 7) is 2.18. The topological polar surface area (TPSA) is 46.5 Å². The zero-order valence-electron chi connectivity index (χ0n) is 15.8. The van der Waals surface area contributed by atoms with Crippen molar-refractivity contribution in [2.24, 2.45) is 0 Å². The fourth-order valence-corrected chi connectivity index (χ4v) is 2.92. The second kappa shape index (κ2) is 12.8. The molecule has 0 amide bonds. The Kier molecular flexibility index (Phi) is 11.1. The molecule has 0 aliphatic rings. The van der Waals surface area contributed by atoms with Crippen molar-refractivity contribution in [3.05, 3.63) is 35.9 Å². The lowest BCUT2D eigenvalue weighted by Gasteiger charge is -2.24. The van der Waals surface area contributed by atoms with Crippen molar-refractivity contribution in [3.8, 4) is 0 Å². The number of hydrogen-bond donors (Lipinski definition) is 1. The Bertz CT molecular complexity index is 491. The zero-order valence-corrected chi connectivity index (χ0v) is 15.8. The van der Waals surface area contributed by atoms with Gasteiger partial charge in [-0.3, -0.25) is 0 Å². The fraction of sp³-hybridized carbons (Fsp3) is 0.667. The summed E-state index contributed by atoms with van der Waals surface area (Å²) in [5.74, 6) is -5.99. The van der Waals surface area contributed by atoms with Crippen LogP contribution in [0.15, 0.2) is 30.3 Å². The molecule has 148 valence electrons. The largest absolute Gasteiger partial charge is 0.477 e. The Hall–Kier alpha value is -1.49. The van der Waals surface area contributed by atoms with Gasteiger partial charge in [0.25, 0.3) is 0 Å². The van der Waals surface area contributed by atoms with Crippen LogP contribution in [0.25, 0.3) is 0 Å². The molecule has 1 unspecified atom stereocenters. The summed E-state index contributed by atoms with van der Waals surface area (Å²) in [5.41, 5.74) is 0.755. The second-order valence-electron chi connectivity index (χ2n) is 6.83. The first-order valence-corrected chi connectivity index (χ1v) is 9.75. The van der Waals surface area contributed by atoms with Crippen LogP contribution in [0, 0.1) is 0 Å². The Morgan fingerprint density at radius 3 is 2.08 bits per heavy atom. The predicted molar refractivity (Wildman–Crippen MR) is 99.4 cm³/mol. The molecular formula is C21H32F2O3. The highest BCUT2D eigenvalue weighted by Crippen LogP contribution is 2.27. The standard InChI is InChI=1S/C21H32F2O3/c1-2-3-4-5-6-7-8-9-13-16-19(21(22,23)20(24)25)26-17-18-14-11-10-12-15-18/h10-12,14-15,19H,2-9,13,16-17H2,1H3,(H,24,25). The summed E-state index contributed by atoms with van der Waals surface area (Å²) in [7, 11) is 0. The van der Waals surface area contributed by atoms with E-state index in [-0.39, 0.29) is 13.0 Å². The second-order valence-corrected chi connectivity index (χ2v) is 6.83. The Labute approximate surface area is 155 Å². The Morgan fingerprint density at radius 1 is 1.00 bits per heavy atom. The molecule has 1 aromatic rings. The maximum absolute atomic E-state index is 13.9. The van der Waals surface area contributed by atoms with Crippen molar-refractivity contribution in [2.75, 3.05) is 0 Å². The van der Waals surface area contributed by atoms with Gasteiger partial charge in [0.05, 0.1) is 6.61 Å². The van der Waals surface area contributed by atoms with E-state index in [1.165, 1.54) is 32.1 Å². The molecule has 0 aliphatic heterocycles. The molecule has 0 spiro atoms. The first-order valence-electron chi connectivity index (χ1n) is 9.75. The summed E-state index contributed by atoms with van der Waals surface area (Å²) >= 11 is 0. The van der Waals surface area contributed by atoms with Gasteiger partial charge in [-0.05, 0) is 12.0 Å². The Morgan fingerprint density at radius 2 is 1.54 bits per heavy atom. The minimum Gasteiger partial charge on any atom is -0.477 e.